The molecular formula is C5H7NOS. The molecule has 1 unspecified atom stereocenters. The first kappa shape index (κ1) is 5.69. The van der Waals surface area contributed by atoms with Crippen LogP contribution in [0.3, 0.4) is 0 Å². The Morgan fingerprint density at radius 3 is 2.75 bits per heavy atom. The highest BCUT2D eigenvalue weighted by Crippen LogP contribution is 2.29. The third kappa shape index (κ3) is 0.865. The minimum atomic E-state index is 0.116. The SMILES string of the molecule is CC1=CC=S1CN=O. The molecule has 0 saturated heterocycles. The Balaban J connectivity index is 2.41. The highest BCUT2D eigenvalue weighted by atomic mass is 32.2. The first-order valence-corrected chi connectivity index (χ1v) is 3.81. The van der Waals surface area contributed by atoms with Gasteiger partial charge in [0, 0.05) is 0 Å². The second-order valence-corrected chi connectivity index (χ2v) is 3.63. The molecule has 0 aliphatic carbocycles. The lowest BCUT2D eigenvalue weighted by Crippen LogP contribution is -1.89. The zero-order valence-electron chi connectivity index (χ0n) is 4.63. The van der Waals surface area contributed by atoms with Gasteiger partial charge in [0.25, 0.3) is 0 Å². The third-order valence-electron chi connectivity index (χ3n) is 1.07. The molecule has 0 aromatic rings. The summed E-state index contributed by atoms with van der Waals surface area (Å²) < 4.78 is 0. The van der Waals surface area contributed by atoms with Crippen LogP contribution in [0.2, 0.25) is 0 Å². The third-order valence-corrected chi connectivity index (χ3v) is 2.88. The van der Waals surface area contributed by atoms with E-state index in [0.29, 0.717) is 5.88 Å². The summed E-state index contributed by atoms with van der Waals surface area (Å²) in [5.41, 5.74) is 0. The zero-order valence-corrected chi connectivity index (χ0v) is 5.44. The van der Waals surface area contributed by atoms with Gasteiger partial charge in [-0.25, -0.2) is 0 Å². The lowest BCUT2D eigenvalue weighted by atomic mass is 10.6. The van der Waals surface area contributed by atoms with E-state index in [9.17, 15) is 4.91 Å². The van der Waals surface area contributed by atoms with Crippen LogP contribution < -0.4 is 0 Å². The van der Waals surface area contributed by atoms with Gasteiger partial charge in [-0.15, -0.1) is 15.4 Å². The summed E-state index contributed by atoms with van der Waals surface area (Å²) in [5.74, 6) is 0.447. The second-order valence-electron chi connectivity index (χ2n) is 1.60. The summed E-state index contributed by atoms with van der Waals surface area (Å²) in [6.07, 6.45) is 2.02. The lowest BCUT2D eigenvalue weighted by Gasteiger charge is -2.10. The molecule has 0 bridgehead atoms. The topological polar surface area (TPSA) is 29.4 Å². The Morgan fingerprint density at radius 1 is 1.88 bits per heavy atom. The van der Waals surface area contributed by atoms with Crippen LogP contribution in [-0.2, 0) is 0 Å². The predicted octanol–water partition coefficient (Wildman–Crippen LogP) is 1.70. The van der Waals surface area contributed by atoms with Crippen molar-refractivity contribution in [1.29, 1.82) is 0 Å². The van der Waals surface area contributed by atoms with E-state index in [0.717, 1.165) is 0 Å². The Labute approximate surface area is 50.5 Å². The molecule has 0 spiro atoms. The van der Waals surface area contributed by atoms with Crippen LogP contribution in [0.1, 0.15) is 6.92 Å². The van der Waals surface area contributed by atoms with Gasteiger partial charge in [0.2, 0.25) is 0 Å². The zero-order chi connectivity index (χ0) is 5.98. The van der Waals surface area contributed by atoms with E-state index >= 15 is 0 Å². The van der Waals surface area contributed by atoms with Gasteiger partial charge in [0.15, 0.2) is 0 Å². The molecule has 1 heterocycles. The van der Waals surface area contributed by atoms with Crippen LogP contribution in [0.5, 0.6) is 0 Å². The molecule has 0 N–H and O–H groups in total. The van der Waals surface area contributed by atoms with E-state index in [-0.39, 0.29) is 10.5 Å². The maximum atomic E-state index is 9.66. The minimum Gasteiger partial charge on any atom is -0.150 e. The van der Waals surface area contributed by atoms with Crippen molar-refractivity contribution in [3.8, 4) is 0 Å². The van der Waals surface area contributed by atoms with Gasteiger partial charge in [0.1, 0.15) is 5.88 Å². The van der Waals surface area contributed by atoms with Gasteiger partial charge < -0.3 is 0 Å². The van der Waals surface area contributed by atoms with Crippen LogP contribution in [0.15, 0.2) is 16.2 Å². The number of allylic oxidation sites excluding steroid dienone is 2. The second kappa shape index (κ2) is 2.22. The van der Waals surface area contributed by atoms with E-state index in [1.165, 1.54) is 4.91 Å². The molecule has 0 aromatic carbocycles. The highest BCUT2D eigenvalue weighted by Gasteiger charge is 2.02. The number of nitrogens with zero attached hydrogens (tertiary/aromatic N) is 1. The van der Waals surface area contributed by atoms with Gasteiger partial charge in [-0.2, -0.15) is 0 Å². The van der Waals surface area contributed by atoms with Crippen molar-refractivity contribution in [2.75, 3.05) is 5.88 Å². The Kier molecular flexibility index (Phi) is 1.58. The van der Waals surface area contributed by atoms with Crippen LogP contribution in [0.25, 0.3) is 0 Å². The van der Waals surface area contributed by atoms with Crippen molar-refractivity contribution in [3.63, 3.8) is 0 Å². The highest BCUT2D eigenvalue weighted by molar-refractivity contribution is 8.19. The average molecular weight is 129 g/mol. The number of nitroso groups, excluding NO2 is 1. The fourth-order valence-electron chi connectivity index (χ4n) is 0.502. The minimum absolute atomic E-state index is 0.116. The number of hydrogen-bond donors (Lipinski definition) is 0. The molecule has 1 aliphatic rings. The smallest absolute Gasteiger partial charge is 0.126 e. The Bertz CT molecular complexity index is 171. The fraction of sp³-hybridized carbons (Fsp3) is 0.400. The Morgan fingerprint density at radius 2 is 2.62 bits per heavy atom. The summed E-state index contributed by atoms with van der Waals surface area (Å²) in [4.78, 5) is 11.0. The normalized spacial score (nSPS) is 25.1. The summed E-state index contributed by atoms with van der Waals surface area (Å²) in [5, 5.41) is 4.82. The molecule has 3 heteroatoms. The summed E-state index contributed by atoms with van der Waals surface area (Å²) in [6.45, 7) is 2.02. The Hall–Kier alpha value is -0.440. The molecule has 1 rings (SSSR count). The molecular weight excluding hydrogens is 122 g/mol. The molecule has 1 aliphatic heterocycles. The quantitative estimate of drug-likeness (QED) is 0.412. The fourth-order valence-corrected chi connectivity index (χ4v) is 1.51. The molecule has 0 amide bonds. The van der Waals surface area contributed by atoms with Crippen molar-refractivity contribution >= 4 is 15.9 Å². The monoisotopic (exact) mass is 129 g/mol. The van der Waals surface area contributed by atoms with E-state index in [2.05, 4.69) is 5.18 Å². The van der Waals surface area contributed by atoms with Crippen molar-refractivity contribution in [1.82, 2.24) is 0 Å². The number of rotatable bonds is 2. The van der Waals surface area contributed by atoms with Gasteiger partial charge in [-0.1, -0.05) is 5.18 Å². The summed E-state index contributed by atoms with van der Waals surface area (Å²) in [6, 6.07) is 0. The molecule has 0 aromatic heterocycles. The van der Waals surface area contributed by atoms with E-state index in [4.69, 9.17) is 0 Å². The molecule has 1 atom stereocenters. The van der Waals surface area contributed by atoms with E-state index in [1.54, 1.807) is 0 Å². The standard InChI is InChI=1S/C5H7NOS/c1-5-2-3-8(5)4-6-7/h2-3H,4H2,1H3. The van der Waals surface area contributed by atoms with Crippen LogP contribution in [-0.4, -0.2) is 11.2 Å². The van der Waals surface area contributed by atoms with E-state index < -0.39 is 0 Å². The maximum absolute atomic E-state index is 9.66. The first-order valence-electron chi connectivity index (χ1n) is 2.35. The van der Waals surface area contributed by atoms with Crippen molar-refractivity contribution in [3.05, 3.63) is 15.9 Å². The molecule has 2 nitrogen and oxygen atoms in total. The molecule has 8 heavy (non-hydrogen) atoms. The van der Waals surface area contributed by atoms with Crippen LogP contribution >= 0.6 is 10.5 Å². The first-order chi connectivity index (χ1) is 3.84. The van der Waals surface area contributed by atoms with Gasteiger partial charge in [-0.05, 0) is 23.3 Å². The van der Waals surface area contributed by atoms with Gasteiger partial charge in [0.05, 0.1) is 0 Å². The van der Waals surface area contributed by atoms with Gasteiger partial charge in [-0.3, -0.25) is 0 Å². The van der Waals surface area contributed by atoms with Crippen LogP contribution in [0, 0.1) is 4.91 Å². The van der Waals surface area contributed by atoms with Crippen molar-refractivity contribution < 1.29 is 0 Å². The van der Waals surface area contributed by atoms with E-state index in [1.807, 2.05) is 18.4 Å². The summed E-state index contributed by atoms with van der Waals surface area (Å²) in [7, 11) is 0.116. The van der Waals surface area contributed by atoms with Gasteiger partial charge >= 0.3 is 0 Å². The summed E-state index contributed by atoms with van der Waals surface area (Å²) >= 11 is 0. The van der Waals surface area contributed by atoms with Crippen molar-refractivity contribution in [2.24, 2.45) is 5.18 Å². The predicted molar refractivity (Wildman–Crippen MR) is 38.1 cm³/mol. The van der Waals surface area contributed by atoms with Crippen LogP contribution in [0.4, 0.5) is 0 Å². The van der Waals surface area contributed by atoms with Crippen molar-refractivity contribution in [2.45, 2.75) is 6.92 Å². The molecule has 0 radical (unpaired) electrons. The lowest BCUT2D eigenvalue weighted by molar-refractivity contribution is 1.35. The average Bonchev–Trinajstić information content (AvgIpc) is 1.79. The molecule has 44 valence electrons. The maximum Gasteiger partial charge on any atom is 0.126 e. The molecule has 0 saturated carbocycles. The molecule has 0 fully saturated rings. The largest absolute Gasteiger partial charge is 0.150 e. The number of hydrogen-bond acceptors (Lipinski definition) is 2.